The van der Waals surface area contributed by atoms with E-state index in [0.29, 0.717) is 11.1 Å². The number of carbonyl (C=O) groups excluding carboxylic acids is 1. The van der Waals surface area contributed by atoms with Gasteiger partial charge in [-0.1, -0.05) is 40.2 Å². The van der Waals surface area contributed by atoms with Crippen molar-refractivity contribution < 1.29 is 9.21 Å². The lowest BCUT2D eigenvalue weighted by Gasteiger charge is -2.04. The van der Waals surface area contributed by atoms with E-state index >= 15 is 0 Å². The minimum absolute atomic E-state index is 0.178. The van der Waals surface area contributed by atoms with Crippen molar-refractivity contribution in [1.29, 1.82) is 0 Å². The Morgan fingerprint density at radius 3 is 2.79 bits per heavy atom. The molecular formula is C15H10BrNO2. The standard InChI is InChI=1S/C15H10BrNO2/c16-10-4-3-5-11(8-10)17-15(18)13-9-19-14-7-2-1-6-12(13)14/h1-9H,(H,17,18). The van der Waals surface area contributed by atoms with Crippen LogP contribution in [0.2, 0.25) is 0 Å². The van der Waals surface area contributed by atoms with Crippen molar-refractivity contribution in [2.24, 2.45) is 0 Å². The molecule has 94 valence electrons. The van der Waals surface area contributed by atoms with Gasteiger partial charge in [0, 0.05) is 15.5 Å². The van der Waals surface area contributed by atoms with Crippen molar-refractivity contribution in [1.82, 2.24) is 0 Å². The van der Waals surface area contributed by atoms with Gasteiger partial charge in [-0.2, -0.15) is 0 Å². The first kappa shape index (κ1) is 12.0. The molecule has 3 rings (SSSR count). The molecule has 0 aliphatic heterocycles. The van der Waals surface area contributed by atoms with Crippen LogP contribution in [0, 0.1) is 0 Å². The summed E-state index contributed by atoms with van der Waals surface area (Å²) in [6.45, 7) is 0. The number of anilines is 1. The van der Waals surface area contributed by atoms with Gasteiger partial charge in [0.2, 0.25) is 0 Å². The third-order valence-electron chi connectivity index (χ3n) is 2.81. The number of rotatable bonds is 2. The predicted octanol–water partition coefficient (Wildman–Crippen LogP) is 4.45. The monoisotopic (exact) mass is 315 g/mol. The lowest BCUT2D eigenvalue weighted by molar-refractivity contribution is 0.102. The third kappa shape index (κ3) is 2.39. The quantitative estimate of drug-likeness (QED) is 0.759. The Morgan fingerprint density at radius 1 is 1.11 bits per heavy atom. The topological polar surface area (TPSA) is 42.2 Å². The molecule has 0 bridgehead atoms. The summed E-state index contributed by atoms with van der Waals surface area (Å²) in [5.74, 6) is -0.178. The van der Waals surface area contributed by atoms with Gasteiger partial charge < -0.3 is 9.73 Å². The lowest BCUT2D eigenvalue weighted by atomic mass is 10.1. The Hall–Kier alpha value is -2.07. The molecule has 3 aromatic rings. The van der Waals surface area contributed by atoms with E-state index in [1.165, 1.54) is 6.26 Å². The molecule has 0 saturated carbocycles. The first-order valence-electron chi connectivity index (χ1n) is 5.77. The highest BCUT2D eigenvalue weighted by Gasteiger charge is 2.13. The highest BCUT2D eigenvalue weighted by molar-refractivity contribution is 9.10. The maximum Gasteiger partial charge on any atom is 0.259 e. The first-order valence-corrected chi connectivity index (χ1v) is 6.56. The zero-order valence-corrected chi connectivity index (χ0v) is 11.5. The van der Waals surface area contributed by atoms with Crippen LogP contribution >= 0.6 is 15.9 Å². The van der Waals surface area contributed by atoms with E-state index in [0.717, 1.165) is 15.5 Å². The van der Waals surface area contributed by atoms with Crippen molar-refractivity contribution in [3.8, 4) is 0 Å². The van der Waals surface area contributed by atoms with Crippen LogP contribution in [0.1, 0.15) is 10.4 Å². The average Bonchev–Trinajstić information content (AvgIpc) is 2.82. The molecule has 1 amide bonds. The summed E-state index contributed by atoms with van der Waals surface area (Å²) in [5.41, 5.74) is 1.99. The molecule has 0 atom stereocenters. The summed E-state index contributed by atoms with van der Waals surface area (Å²) < 4.78 is 6.28. The van der Waals surface area contributed by atoms with E-state index in [4.69, 9.17) is 4.42 Å². The zero-order chi connectivity index (χ0) is 13.2. The molecule has 3 nitrogen and oxygen atoms in total. The van der Waals surface area contributed by atoms with Crippen molar-refractivity contribution in [3.63, 3.8) is 0 Å². The van der Waals surface area contributed by atoms with Crippen molar-refractivity contribution in [2.75, 3.05) is 5.32 Å². The summed E-state index contributed by atoms with van der Waals surface area (Å²) in [4.78, 5) is 12.2. The zero-order valence-electron chi connectivity index (χ0n) is 9.89. The van der Waals surface area contributed by atoms with Gasteiger partial charge in [0.1, 0.15) is 11.8 Å². The van der Waals surface area contributed by atoms with E-state index in [-0.39, 0.29) is 5.91 Å². The number of furan rings is 1. The van der Waals surface area contributed by atoms with Gasteiger partial charge in [-0.05, 0) is 24.3 Å². The second kappa shape index (κ2) is 4.90. The third-order valence-corrected chi connectivity index (χ3v) is 3.30. The molecule has 0 fully saturated rings. The molecule has 0 radical (unpaired) electrons. The van der Waals surface area contributed by atoms with E-state index in [1.54, 1.807) is 0 Å². The molecule has 1 heterocycles. The molecule has 4 heteroatoms. The Morgan fingerprint density at radius 2 is 1.95 bits per heavy atom. The van der Waals surface area contributed by atoms with Crippen molar-refractivity contribution in [2.45, 2.75) is 0 Å². The second-order valence-corrected chi connectivity index (χ2v) is 5.03. The van der Waals surface area contributed by atoms with Crippen LogP contribution in [0.25, 0.3) is 11.0 Å². The number of carbonyl (C=O) groups is 1. The van der Waals surface area contributed by atoms with Crippen LogP contribution in [0.4, 0.5) is 5.69 Å². The van der Waals surface area contributed by atoms with Crippen LogP contribution in [-0.4, -0.2) is 5.91 Å². The summed E-state index contributed by atoms with van der Waals surface area (Å²) in [6, 6.07) is 14.9. The molecule has 1 aromatic heterocycles. The predicted molar refractivity (Wildman–Crippen MR) is 78.3 cm³/mol. The van der Waals surface area contributed by atoms with Gasteiger partial charge in [0.05, 0.1) is 5.56 Å². The normalized spacial score (nSPS) is 10.6. The highest BCUT2D eigenvalue weighted by atomic mass is 79.9. The van der Waals surface area contributed by atoms with Gasteiger partial charge in [0.25, 0.3) is 5.91 Å². The number of amides is 1. The maximum atomic E-state index is 12.2. The second-order valence-electron chi connectivity index (χ2n) is 4.11. The Kier molecular flexibility index (Phi) is 3.09. The number of hydrogen-bond donors (Lipinski definition) is 1. The Bertz CT molecular complexity index is 748. The molecule has 0 saturated heterocycles. The van der Waals surface area contributed by atoms with Crippen molar-refractivity contribution in [3.05, 3.63) is 64.8 Å². The average molecular weight is 316 g/mol. The van der Waals surface area contributed by atoms with Gasteiger partial charge >= 0.3 is 0 Å². The van der Waals surface area contributed by atoms with Gasteiger partial charge in [-0.3, -0.25) is 4.79 Å². The van der Waals surface area contributed by atoms with E-state index < -0.39 is 0 Å². The molecule has 0 spiro atoms. The lowest BCUT2D eigenvalue weighted by Crippen LogP contribution is -2.11. The molecule has 0 aliphatic rings. The molecule has 0 aliphatic carbocycles. The Labute approximate surface area is 118 Å². The minimum atomic E-state index is -0.178. The summed E-state index contributed by atoms with van der Waals surface area (Å²) in [5, 5.41) is 3.66. The van der Waals surface area contributed by atoms with E-state index in [1.807, 2.05) is 48.5 Å². The first-order chi connectivity index (χ1) is 9.24. The number of halogens is 1. The fourth-order valence-electron chi connectivity index (χ4n) is 1.92. The smallest absolute Gasteiger partial charge is 0.259 e. The fourth-order valence-corrected chi connectivity index (χ4v) is 2.32. The summed E-state index contributed by atoms with van der Waals surface area (Å²) >= 11 is 3.37. The van der Waals surface area contributed by atoms with Crippen LogP contribution in [0.3, 0.4) is 0 Å². The fraction of sp³-hybridized carbons (Fsp3) is 0. The number of para-hydroxylation sites is 1. The number of hydrogen-bond acceptors (Lipinski definition) is 2. The number of benzene rings is 2. The molecule has 19 heavy (non-hydrogen) atoms. The van der Waals surface area contributed by atoms with E-state index in [2.05, 4.69) is 21.2 Å². The summed E-state index contributed by atoms with van der Waals surface area (Å²) in [7, 11) is 0. The van der Waals surface area contributed by atoms with Crippen LogP contribution in [-0.2, 0) is 0 Å². The summed E-state index contributed by atoms with van der Waals surface area (Å²) in [6.07, 6.45) is 1.48. The van der Waals surface area contributed by atoms with Gasteiger partial charge in [-0.15, -0.1) is 0 Å². The maximum absolute atomic E-state index is 12.2. The molecule has 2 aromatic carbocycles. The van der Waals surface area contributed by atoms with Crippen molar-refractivity contribution >= 4 is 38.5 Å². The van der Waals surface area contributed by atoms with Crippen LogP contribution in [0.15, 0.2) is 63.7 Å². The van der Waals surface area contributed by atoms with Crippen LogP contribution < -0.4 is 5.32 Å². The van der Waals surface area contributed by atoms with Crippen LogP contribution in [0.5, 0.6) is 0 Å². The molecular weight excluding hydrogens is 306 g/mol. The number of nitrogens with one attached hydrogen (secondary N) is 1. The molecule has 1 N–H and O–H groups in total. The van der Waals surface area contributed by atoms with Gasteiger partial charge in [-0.25, -0.2) is 0 Å². The Balaban J connectivity index is 1.92. The van der Waals surface area contributed by atoms with Gasteiger partial charge in [0.15, 0.2) is 0 Å². The minimum Gasteiger partial charge on any atom is -0.463 e. The highest BCUT2D eigenvalue weighted by Crippen LogP contribution is 2.22. The number of fused-ring (bicyclic) bond motifs is 1. The van der Waals surface area contributed by atoms with E-state index in [9.17, 15) is 4.79 Å². The molecule has 0 unspecified atom stereocenters. The largest absolute Gasteiger partial charge is 0.463 e. The SMILES string of the molecule is O=C(Nc1cccc(Br)c1)c1coc2ccccc12.